The maximum absolute atomic E-state index is 3.92. The van der Waals surface area contributed by atoms with Gasteiger partial charge in [-0.3, -0.25) is 0 Å². The van der Waals surface area contributed by atoms with E-state index in [1.807, 2.05) is 0 Å². The molecule has 0 fully saturated rings. The molecular weight excluding hydrogens is 122 g/mol. The van der Waals surface area contributed by atoms with Crippen LogP contribution in [0.2, 0.25) is 0 Å². The van der Waals surface area contributed by atoms with Crippen LogP contribution in [0.3, 0.4) is 0 Å². The average molecular weight is 141 g/mol. The van der Waals surface area contributed by atoms with Gasteiger partial charge in [-0.05, 0) is 11.8 Å². The first-order valence-corrected chi connectivity index (χ1v) is 3.96. The fraction of sp³-hybridized carbons (Fsp3) is 0.778. The first kappa shape index (κ1) is 9.54. The molecule has 0 bridgehead atoms. The molecule has 0 atom stereocenters. The van der Waals surface area contributed by atoms with Crippen molar-refractivity contribution in [2.75, 3.05) is 6.54 Å². The lowest BCUT2D eigenvalue weighted by Crippen LogP contribution is -2.21. The Balaban J connectivity index is 3.40. The smallest absolute Gasteiger partial charge is 0.0166 e. The van der Waals surface area contributed by atoms with Gasteiger partial charge < -0.3 is 5.32 Å². The first-order chi connectivity index (χ1) is 4.54. The maximum atomic E-state index is 3.92. The minimum absolute atomic E-state index is 0.554. The van der Waals surface area contributed by atoms with E-state index in [0.29, 0.717) is 11.8 Å². The van der Waals surface area contributed by atoms with Crippen LogP contribution < -0.4 is 5.32 Å². The second kappa shape index (κ2) is 4.37. The van der Waals surface area contributed by atoms with Gasteiger partial charge in [-0.2, -0.15) is 0 Å². The summed E-state index contributed by atoms with van der Waals surface area (Å²) in [5.74, 6) is 1.26. The van der Waals surface area contributed by atoms with E-state index in [-0.39, 0.29) is 0 Å². The number of rotatable bonds is 4. The molecule has 0 rings (SSSR count). The molecule has 0 radical (unpaired) electrons. The largest absolute Gasteiger partial charge is 0.388 e. The molecule has 0 amide bonds. The van der Waals surface area contributed by atoms with Gasteiger partial charge >= 0.3 is 0 Å². The fourth-order valence-electron chi connectivity index (χ4n) is 0.539. The lowest BCUT2D eigenvalue weighted by Gasteiger charge is -2.13. The summed E-state index contributed by atoms with van der Waals surface area (Å²) in [5, 5.41) is 3.29. The standard InChI is InChI=1S/C9H19N/c1-7(2)6-10-9(5)8(3)4/h7-8,10H,5-6H2,1-4H3. The summed E-state index contributed by atoms with van der Waals surface area (Å²) < 4.78 is 0. The van der Waals surface area contributed by atoms with E-state index in [9.17, 15) is 0 Å². The number of hydrogen-bond donors (Lipinski definition) is 1. The molecule has 1 nitrogen and oxygen atoms in total. The van der Waals surface area contributed by atoms with Gasteiger partial charge in [0.15, 0.2) is 0 Å². The van der Waals surface area contributed by atoms with Crippen molar-refractivity contribution in [3.8, 4) is 0 Å². The van der Waals surface area contributed by atoms with Crippen molar-refractivity contribution in [1.82, 2.24) is 5.32 Å². The predicted octanol–water partition coefficient (Wildman–Crippen LogP) is 2.40. The molecule has 1 heteroatoms. The molecule has 60 valence electrons. The van der Waals surface area contributed by atoms with Gasteiger partial charge in [0.1, 0.15) is 0 Å². The van der Waals surface area contributed by atoms with E-state index in [2.05, 4.69) is 39.6 Å². The third kappa shape index (κ3) is 4.42. The van der Waals surface area contributed by atoms with Gasteiger partial charge in [-0.15, -0.1) is 0 Å². The minimum Gasteiger partial charge on any atom is -0.388 e. The normalized spacial score (nSPS) is 10.6. The van der Waals surface area contributed by atoms with Crippen molar-refractivity contribution in [3.05, 3.63) is 12.3 Å². The lowest BCUT2D eigenvalue weighted by molar-refractivity contribution is 0.560. The lowest BCUT2D eigenvalue weighted by atomic mass is 10.1. The third-order valence-corrected chi connectivity index (χ3v) is 1.43. The Kier molecular flexibility index (Phi) is 4.17. The van der Waals surface area contributed by atoms with E-state index in [1.165, 1.54) is 0 Å². The Morgan fingerprint density at radius 2 is 1.80 bits per heavy atom. The number of allylic oxidation sites excluding steroid dienone is 1. The Hall–Kier alpha value is -0.460. The van der Waals surface area contributed by atoms with Crippen LogP contribution in [0, 0.1) is 11.8 Å². The van der Waals surface area contributed by atoms with Crippen LogP contribution in [0.1, 0.15) is 27.7 Å². The highest BCUT2D eigenvalue weighted by Crippen LogP contribution is 2.02. The summed E-state index contributed by atoms with van der Waals surface area (Å²) in [6.45, 7) is 13.6. The van der Waals surface area contributed by atoms with Gasteiger partial charge in [-0.1, -0.05) is 34.3 Å². The third-order valence-electron chi connectivity index (χ3n) is 1.43. The Labute approximate surface area is 64.5 Å². The van der Waals surface area contributed by atoms with E-state index < -0.39 is 0 Å². The van der Waals surface area contributed by atoms with Crippen LogP contribution in [0.25, 0.3) is 0 Å². The van der Waals surface area contributed by atoms with Gasteiger partial charge in [0, 0.05) is 12.2 Å². The zero-order valence-corrected chi connectivity index (χ0v) is 7.57. The summed E-state index contributed by atoms with van der Waals surface area (Å²) in [6.07, 6.45) is 0. The van der Waals surface area contributed by atoms with Gasteiger partial charge in [0.25, 0.3) is 0 Å². The molecule has 0 aliphatic carbocycles. The molecule has 0 unspecified atom stereocenters. The Bertz CT molecular complexity index is 103. The Morgan fingerprint density at radius 1 is 1.30 bits per heavy atom. The molecule has 0 heterocycles. The molecule has 0 saturated heterocycles. The van der Waals surface area contributed by atoms with Crippen molar-refractivity contribution in [2.24, 2.45) is 11.8 Å². The summed E-state index contributed by atoms with van der Waals surface area (Å²) in [6, 6.07) is 0. The summed E-state index contributed by atoms with van der Waals surface area (Å²) in [7, 11) is 0. The van der Waals surface area contributed by atoms with Crippen LogP contribution in [0.15, 0.2) is 12.3 Å². The Morgan fingerprint density at radius 3 is 2.10 bits per heavy atom. The fourth-order valence-corrected chi connectivity index (χ4v) is 0.539. The van der Waals surface area contributed by atoms with Crippen LogP contribution >= 0.6 is 0 Å². The maximum Gasteiger partial charge on any atom is 0.0166 e. The second-order valence-corrected chi connectivity index (χ2v) is 3.45. The summed E-state index contributed by atoms with van der Waals surface area (Å²) in [4.78, 5) is 0. The molecule has 0 saturated carbocycles. The molecule has 0 aliphatic heterocycles. The zero-order chi connectivity index (χ0) is 8.15. The molecular formula is C9H19N. The SMILES string of the molecule is C=C(NCC(C)C)C(C)C. The van der Waals surface area contributed by atoms with Gasteiger partial charge in [0.2, 0.25) is 0 Å². The highest BCUT2D eigenvalue weighted by molar-refractivity contribution is 4.94. The van der Waals surface area contributed by atoms with Crippen molar-refractivity contribution in [3.63, 3.8) is 0 Å². The van der Waals surface area contributed by atoms with Crippen LogP contribution in [-0.2, 0) is 0 Å². The molecule has 1 N–H and O–H groups in total. The summed E-state index contributed by atoms with van der Waals surface area (Å²) in [5.41, 5.74) is 1.15. The van der Waals surface area contributed by atoms with E-state index in [0.717, 1.165) is 12.2 Å². The number of hydrogen-bond acceptors (Lipinski definition) is 1. The van der Waals surface area contributed by atoms with E-state index >= 15 is 0 Å². The van der Waals surface area contributed by atoms with Crippen molar-refractivity contribution in [2.45, 2.75) is 27.7 Å². The molecule has 10 heavy (non-hydrogen) atoms. The molecule has 0 aromatic rings. The van der Waals surface area contributed by atoms with Crippen molar-refractivity contribution >= 4 is 0 Å². The molecule has 0 aromatic heterocycles. The van der Waals surface area contributed by atoms with E-state index in [4.69, 9.17) is 0 Å². The van der Waals surface area contributed by atoms with Gasteiger partial charge in [-0.25, -0.2) is 0 Å². The molecule has 0 spiro atoms. The topological polar surface area (TPSA) is 12.0 Å². The summed E-state index contributed by atoms with van der Waals surface area (Å²) >= 11 is 0. The van der Waals surface area contributed by atoms with Crippen molar-refractivity contribution < 1.29 is 0 Å². The van der Waals surface area contributed by atoms with Crippen LogP contribution in [0.5, 0.6) is 0 Å². The van der Waals surface area contributed by atoms with Crippen LogP contribution in [-0.4, -0.2) is 6.54 Å². The molecule has 0 aromatic carbocycles. The van der Waals surface area contributed by atoms with Gasteiger partial charge in [0.05, 0.1) is 0 Å². The van der Waals surface area contributed by atoms with E-state index in [1.54, 1.807) is 0 Å². The second-order valence-electron chi connectivity index (χ2n) is 3.45. The average Bonchev–Trinajstić information content (AvgIpc) is 1.82. The quantitative estimate of drug-likeness (QED) is 0.634. The highest BCUT2D eigenvalue weighted by atomic mass is 14.9. The first-order valence-electron chi connectivity index (χ1n) is 3.96. The highest BCUT2D eigenvalue weighted by Gasteiger charge is 1.99. The monoisotopic (exact) mass is 141 g/mol. The minimum atomic E-state index is 0.554. The predicted molar refractivity (Wildman–Crippen MR) is 46.8 cm³/mol. The zero-order valence-electron chi connectivity index (χ0n) is 7.57. The molecule has 0 aliphatic rings. The van der Waals surface area contributed by atoms with Crippen LogP contribution in [0.4, 0.5) is 0 Å². The van der Waals surface area contributed by atoms with Crippen molar-refractivity contribution in [1.29, 1.82) is 0 Å². The number of nitrogens with one attached hydrogen (secondary N) is 1.